The van der Waals surface area contributed by atoms with E-state index in [1.807, 2.05) is 30.3 Å². The number of fused-ring (bicyclic) bond motifs is 1. The van der Waals surface area contributed by atoms with Gasteiger partial charge in [-0.3, -0.25) is 0 Å². The van der Waals surface area contributed by atoms with E-state index < -0.39 is 0 Å². The Kier molecular flexibility index (Phi) is 4.53. The molecule has 2 aromatic carbocycles. The number of nitrogens with one attached hydrogen (secondary N) is 1. The minimum atomic E-state index is -0.241. The lowest BCUT2D eigenvalue weighted by molar-refractivity contribution is 0.174. The van der Waals surface area contributed by atoms with Crippen LogP contribution in [0.25, 0.3) is 0 Å². The van der Waals surface area contributed by atoms with Crippen LogP contribution in [0.15, 0.2) is 36.4 Å². The second kappa shape index (κ2) is 6.61. The van der Waals surface area contributed by atoms with Gasteiger partial charge in [-0.05, 0) is 37.6 Å². The molecule has 0 aromatic heterocycles. The van der Waals surface area contributed by atoms with Crippen molar-refractivity contribution in [2.45, 2.75) is 25.9 Å². The Labute approximate surface area is 142 Å². The lowest BCUT2D eigenvalue weighted by atomic mass is 9.93. The normalized spacial score (nSPS) is 13.0. The van der Waals surface area contributed by atoms with Crippen molar-refractivity contribution in [3.8, 4) is 23.0 Å². The van der Waals surface area contributed by atoms with Crippen LogP contribution in [0, 0.1) is 0 Å². The maximum absolute atomic E-state index is 5.50. The second-order valence-electron chi connectivity index (χ2n) is 6.20. The molecular weight excluding hydrogens is 306 g/mol. The Morgan fingerprint density at radius 2 is 1.83 bits per heavy atom. The van der Waals surface area contributed by atoms with Gasteiger partial charge in [0.1, 0.15) is 0 Å². The fourth-order valence-corrected chi connectivity index (χ4v) is 2.80. The molecule has 0 aliphatic carbocycles. The molecule has 1 N–H and O–H groups in total. The lowest BCUT2D eigenvalue weighted by Crippen LogP contribution is -2.36. The summed E-state index contributed by atoms with van der Waals surface area (Å²) in [6, 6.07) is 11.9. The van der Waals surface area contributed by atoms with E-state index in [1.54, 1.807) is 14.2 Å². The van der Waals surface area contributed by atoms with Crippen LogP contribution in [0.4, 0.5) is 0 Å². The SMILES string of the molecule is COc1cccc(CNC(C)(C)c2ccc3c(c2)OCO3)c1OC. The molecule has 0 atom stereocenters. The molecule has 1 aliphatic heterocycles. The van der Waals surface area contributed by atoms with Gasteiger partial charge < -0.3 is 24.3 Å². The molecule has 1 aliphatic rings. The predicted octanol–water partition coefficient (Wildman–Crippen LogP) is 3.46. The number of para-hydroxylation sites is 1. The highest BCUT2D eigenvalue weighted by Crippen LogP contribution is 2.36. The number of hydrogen-bond acceptors (Lipinski definition) is 5. The highest BCUT2D eigenvalue weighted by atomic mass is 16.7. The first-order valence-corrected chi connectivity index (χ1v) is 7.90. The van der Waals surface area contributed by atoms with Gasteiger partial charge in [-0.25, -0.2) is 0 Å². The van der Waals surface area contributed by atoms with Gasteiger partial charge in [0.05, 0.1) is 14.2 Å². The standard InChI is InChI=1S/C19H23NO4/c1-19(2,14-8-9-15-17(10-14)24-12-23-15)20-11-13-6-5-7-16(21-3)18(13)22-4/h5-10,20H,11-12H2,1-4H3. The Morgan fingerprint density at radius 3 is 2.58 bits per heavy atom. The highest BCUT2D eigenvalue weighted by molar-refractivity contribution is 5.48. The van der Waals surface area contributed by atoms with Gasteiger partial charge in [-0.1, -0.05) is 18.2 Å². The first-order valence-electron chi connectivity index (χ1n) is 7.90. The molecule has 2 aromatic rings. The Morgan fingerprint density at radius 1 is 1.04 bits per heavy atom. The molecule has 0 amide bonds. The van der Waals surface area contributed by atoms with Crippen molar-refractivity contribution >= 4 is 0 Å². The zero-order valence-electron chi connectivity index (χ0n) is 14.5. The molecule has 3 rings (SSSR count). The monoisotopic (exact) mass is 329 g/mol. The fraction of sp³-hybridized carbons (Fsp3) is 0.368. The molecule has 0 fully saturated rings. The van der Waals surface area contributed by atoms with Crippen LogP contribution in [0.5, 0.6) is 23.0 Å². The van der Waals surface area contributed by atoms with Gasteiger partial charge in [-0.2, -0.15) is 0 Å². The van der Waals surface area contributed by atoms with Crippen molar-refractivity contribution in [2.24, 2.45) is 0 Å². The van der Waals surface area contributed by atoms with E-state index in [9.17, 15) is 0 Å². The van der Waals surface area contributed by atoms with E-state index in [0.717, 1.165) is 34.1 Å². The largest absolute Gasteiger partial charge is 0.493 e. The van der Waals surface area contributed by atoms with E-state index >= 15 is 0 Å². The van der Waals surface area contributed by atoms with E-state index in [2.05, 4.69) is 25.2 Å². The molecule has 0 radical (unpaired) electrons. The second-order valence-corrected chi connectivity index (χ2v) is 6.20. The number of ether oxygens (including phenoxy) is 4. The fourth-order valence-electron chi connectivity index (χ4n) is 2.80. The molecule has 1 heterocycles. The van der Waals surface area contributed by atoms with Gasteiger partial charge in [0.2, 0.25) is 6.79 Å². The maximum atomic E-state index is 5.50. The van der Waals surface area contributed by atoms with Crippen LogP contribution in [-0.2, 0) is 12.1 Å². The third kappa shape index (κ3) is 3.12. The number of methoxy groups -OCH3 is 2. The zero-order valence-corrected chi connectivity index (χ0v) is 14.5. The van der Waals surface area contributed by atoms with Crippen LogP contribution < -0.4 is 24.3 Å². The molecule has 0 unspecified atom stereocenters. The van der Waals surface area contributed by atoms with Gasteiger partial charge in [-0.15, -0.1) is 0 Å². The van der Waals surface area contributed by atoms with Gasteiger partial charge >= 0.3 is 0 Å². The zero-order chi connectivity index (χ0) is 17.2. The molecule has 0 bridgehead atoms. The summed E-state index contributed by atoms with van der Waals surface area (Å²) in [6.07, 6.45) is 0. The summed E-state index contributed by atoms with van der Waals surface area (Å²) in [4.78, 5) is 0. The molecule has 0 saturated heterocycles. The van der Waals surface area contributed by atoms with E-state index in [0.29, 0.717) is 6.54 Å². The number of rotatable bonds is 6. The minimum Gasteiger partial charge on any atom is -0.493 e. The first kappa shape index (κ1) is 16.5. The summed E-state index contributed by atoms with van der Waals surface area (Å²) in [5.74, 6) is 3.08. The Balaban J connectivity index is 1.78. The molecular formula is C19H23NO4. The van der Waals surface area contributed by atoms with Gasteiger partial charge in [0.25, 0.3) is 0 Å². The average Bonchev–Trinajstić information content (AvgIpc) is 3.07. The van der Waals surface area contributed by atoms with Gasteiger partial charge in [0.15, 0.2) is 23.0 Å². The molecule has 128 valence electrons. The summed E-state index contributed by atoms with van der Waals surface area (Å²) in [7, 11) is 3.30. The van der Waals surface area contributed by atoms with E-state index in [4.69, 9.17) is 18.9 Å². The van der Waals surface area contributed by atoms with Crippen molar-refractivity contribution in [3.63, 3.8) is 0 Å². The van der Waals surface area contributed by atoms with Crippen molar-refractivity contribution in [1.82, 2.24) is 5.32 Å². The summed E-state index contributed by atoms with van der Waals surface area (Å²) >= 11 is 0. The van der Waals surface area contributed by atoms with Crippen LogP contribution in [0.2, 0.25) is 0 Å². The smallest absolute Gasteiger partial charge is 0.231 e. The van der Waals surface area contributed by atoms with E-state index in [-0.39, 0.29) is 12.3 Å². The van der Waals surface area contributed by atoms with Crippen LogP contribution in [-0.4, -0.2) is 21.0 Å². The maximum Gasteiger partial charge on any atom is 0.231 e. The summed E-state index contributed by atoms with van der Waals surface area (Å²) in [5.41, 5.74) is 1.94. The summed E-state index contributed by atoms with van der Waals surface area (Å²) < 4.78 is 21.7. The van der Waals surface area contributed by atoms with Crippen LogP contribution in [0.1, 0.15) is 25.0 Å². The quantitative estimate of drug-likeness (QED) is 0.879. The number of benzene rings is 2. The predicted molar refractivity (Wildman–Crippen MR) is 92.0 cm³/mol. The first-order chi connectivity index (χ1) is 11.5. The third-order valence-corrected chi connectivity index (χ3v) is 4.30. The van der Waals surface area contributed by atoms with E-state index in [1.165, 1.54) is 0 Å². The molecule has 0 spiro atoms. The highest BCUT2D eigenvalue weighted by Gasteiger charge is 2.24. The van der Waals surface area contributed by atoms with Crippen LogP contribution >= 0.6 is 0 Å². The molecule has 0 saturated carbocycles. The van der Waals surface area contributed by atoms with Gasteiger partial charge in [0, 0.05) is 17.6 Å². The van der Waals surface area contributed by atoms with Crippen molar-refractivity contribution in [2.75, 3.05) is 21.0 Å². The minimum absolute atomic E-state index is 0.241. The number of hydrogen-bond donors (Lipinski definition) is 1. The average molecular weight is 329 g/mol. The molecule has 24 heavy (non-hydrogen) atoms. The van der Waals surface area contributed by atoms with Crippen molar-refractivity contribution in [3.05, 3.63) is 47.5 Å². The lowest BCUT2D eigenvalue weighted by Gasteiger charge is -2.28. The summed E-state index contributed by atoms with van der Waals surface area (Å²) in [6.45, 7) is 5.21. The van der Waals surface area contributed by atoms with Crippen molar-refractivity contribution in [1.29, 1.82) is 0 Å². The Bertz CT molecular complexity index is 727. The van der Waals surface area contributed by atoms with Crippen molar-refractivity contribution < 1.29 is 18.9 Å². The molecule has 5 heteroatoms. The molecule has 5 nitrogen and oxygen atoms in total. The topological polar surface area (TPSA) is 49.0 Å². The third-order valence-electron chi connectivity index (χ3n) is 4.30. The summed E-state index contributed by atoms with van der Waals surface area (Å²) in [5, 5.41) is 3.58. The van der Waals surface area contributed by atoms with Crippen LogP contribution in [0.3, 0.4) is 0 Å². The Hall–Kier alpha value is -2.40.